The van der Waals surface area contributed by atoms with Gasteiger partial charge in [0.05, 0.1) is 27.7 Å². The van der Waals surface area contributed by atoms with Crippen LogP contribution in [0.1, 0.15) is 508 Å². The Bertz CT molecular complexity index is 1620. The topological polar surface area (TPSA) is 108 Å². The molecular formula is C89H179NO8P+. The Balaban J connectivity index is 3.81. The number of likely N-dealkylation sites (N-methyl/N-ethyl adjacent to an activating group) is 1. The van der Waals surface area contributed by atoms with Gasteiger partial charge in [-0.05, 0) is 12.8 Å². The van der Waals surface area contributed by atoms with Crippen LogP contribution in [0.5, 0.6) is 0 Å². The van der Waals surface area contributed by atoms with E-state index in [0.29, 0.717) is 17.4 Å². The molecular weight excluding hydrogens is 1240 g/mol. The van der Waals surface area contributed by atoms with Gasteiger partial charge < -0.3 is 18.9 Å². The molecule has 0 saturated heterocycles. The van der Waals surface area contributed by atoms with Crippen LogP contribution in [0.25, 0.3) is 0 Å². The summed E-state index contributed by atoms with van der Waals surface area (Å²) in [6.07, 6.45) is 103. The minimum absolute atomic E-state index is 0.0380. The molecule has 99 heavy (non-hydrogen) atoms. The molecule has 0 fully saturated rings. The van der Waals surface area contributed by atoms with E-state index in [9.17, 15) is 19.0 Å². The van der Waals surface area contributed by atoms with Crippen LogP contribution in [0.3, 0.4) is 0 Å². The summed E-state index contributed by atoms with van der Waals surface area (Å²) in [5, 5.41) is 0. The van der Waals surface area contributed by atoms with Crippen molar-refractivity contribution in [2.24, 2.45) is 0 Å². The largest absolute Gasteiger partial charge is 0.472 e. The monoisotopic (exact) mass is 1420 g/mol. The van der Waals surface area contributed by atoms with E-state index < -0.39 is 26.5 Å². The lowest BCUT2D eigenvalue weighted by Gasteiger charge is -2.24. The highest BCUT2D eigenvalue weighted by Gasteiger charge is 2.27. The van der Waals surface area contributed by atoms with Gasteiger partial charge in [0.15, 0.2) is 6.10 Å². The van der Waals surface area contributed by atoms with Crippen molar-refractivity contribution >= 4 is 19.8 Å². The summed E-state index contributed by atoms with van der Waals surface area (Å²) in [7, 11) is 1.51. The highest BCUT2D eigenvalue weighted by Crippen LogP contribution is 2.43. The second-order valence-electron chi connectivity index (χ2n) is 32.7. The predicted molar refractivity (Wildman–Crippen MR) is 432 cm³/mol. The summed E-state index contributed by atoms with van der Waals surface area (Å²) in [6, 6.07) is 0. The van der Waals surface area contributed by atoms with Crippen molar-refractivity contribution in [1.29, 1.82) is 0 Å². The van der Waals surface area contributed by atoms with Crippen molar-refractivity contribution < 1.29 is 42.1 Å². The number of phosphoric ester groups is 1. The molecule has 0 radical (unpaired) electrons. The maximum absolute atomic E-state index is 12.9. The van der Waals surface area contributed by atoms with Crippen molar-refractivity contribution in [3.63, 3.8) is 0 Å². The molecule has 0 bridgehead atoms. The second-order valence-corrected chi connectivity index (χ2v) is 34.2. The van der Waals surface area contributed by atoms with E-state index in [1.165, 1.54) is 443 Å². The van der Waals surface area contributed by atoms with Crippen LogP contribution in [0.2, 0.25) is 0 Å². The molecule has 0 heterocycles. The average Bonchev–Trinajstić information content (AvgIpc) is 0.989. The van der Waals surface area contributed by atoms with Crippen molar-refractivity contribution in [2.75, 3.05) is 47.5 Å². The Kier molecular flexibility index (Phi) is 80.3. The first kappa shape index (κ1) is 98.0. The zero-order chi connectivity index (χ0) is 71.8. The van der Waals surface area contributed by atoms with E-state index in [0.717, 1.165) is 38.5 Å². The molecule has 9 nitrogen and oxygen atoms in total. The molecule has 10 heteroatoms. The summed E-state index contributed by atoms with van der Waals surface area (Å²) in [5.41, 5.74) is 0. The van der Waals surface area contributed by atoms with E-state index in [1.54, 1.807) is 0 Å². The Hall–Kier alpha value is -0.990. The number of carbonyl (C=O) groups excluding carboxylic acids is 2. The smallest absolute Gasteiger partial charge is 0.462 e. The third kappa shape index (κ3) is 85.8. The zero-order valence-electron chi connectivity index (χ0n) is 68.1. The van der Waals surface area contributed by atoms with Gasteiger partial charge >= 0.3 is 19.8 Å². The molecule has 0 aromatic heterocycles. The summed E-state index contributed by atoms with van der Waals surface area (Å²) in [6.45, 7) is 4.55. The highest BCUT2D eigenvalue weighted by molar-refractivity contribution is 7.47. The molecule has 592 valence electrons. The fourth-order valence-electron chi connectivity index (χ4n) is 14.5. The van der Waals surface area contributed by atoms with Gasteiger partial charge in [0, 0.05) is 12.8 Å². The van der Waals surface area contributed by atoms with Gasteiger partial charge in [-0.2, -0.15) is 0 Å². The summed E-state index contributed by atoms with van der Waals surface area (Å²) < 4.78 is 34.9. The molecule has 0 saturated carbocycles. The van der Waals surface area contributed by atoms with Crippen LogP contribution >= 0.6 is 7.82 Å². The number of hydrogen-bond donors (Lipinski definition) is 1. The van der Waals surface area contributed by atoms with Gasteiger partial charge in [-0.25, -0.2) is 4.57 Å². The van der Waals surface area contributed by atoms with E-state index in [-0.39, 0.29) is 25.6 Å². The van der Waals surface area contributed by atoms with E-state index in [1.807, 2.05) is 21.1 Å². The van der Waals surface area contributed by atoms with Gasteiger partial charge in [0.25, 0.3) is 0 Å². The standard InChI is InChI=1S/C89H178NO8P/c1-6-8-10-12-14-16-18-20-22-24-26-28-30-32-34-36-38-40-42-44-45-46-48-50-52-54-56-58-60-62-64-66-68-70-72-74-76-78-80-82-89(92)98-87(86-97-99(93,94)96-84-83-90(3,4)5)85-95-88(91)81-79-77-75-73-71-69-67-65-63-61-59-57-55-53-51-49-47-43-41-39-37-35-33-31-29-27-25-23-21-19-17-15-13-11-9-7-2/h87H,6-86H2,1-5H3/p+1. The van der Waals surface area contributed by atoms with E-state index in [2.05, 4.69) is 13.8 Å². The minimum atomic E-state index is -4.39. The molecule has 0 aromatic carbocycles. The summed E-state index contributed by atoms with van der Waals surface area (Å²) in [4.78, 5) is 36.1. The Morgan fingerprint density at radius 2 is 0.455 bits per heavy atom. The number of nitrogens with zero attached hydrogens (tertiary/aromatic N) is 1. The molecule has 0 aliphatic heterocycles. The molecule has 0 amide bonds. The SMILES string of the molecule is CCCCCCCCCCCCCCCCCCCCCCCCCCCCCCCCCCCCCCCCCC(=O)OC(COC(=O)CCCCCCCCCCCCCCCCCCCCCCCCCCCCCCCCCCCCCC)COP(=O)(O)OCC[N+](C)(C)C. The van der Waals surface area contributed by atoms with Crippen LogP contribution in [0, 0.1) is 0 Å². The maximum atomic E-state index is 12.9. The molecule has 1 N–H and O–H groups in total. The van der Waals surface area contributed by atoms with Gasteiger partial charge in [0.2, 0.25) is 0 Å². The molecule has 0 spiro atoms. The molecule has 0 aromatic rings. The molecule has 0 rings (SSSR count). The van der Waals surface area contributed by atoms with Gasteiger partial charge in [0.1, 0.15) is 19.8 Å². The normalized spacial score (nSPS) is 12.8. The van der Waals surface area contributed by atoms with E-state index >= 15 is 0 Å². The van der Waals surface area contributed by atoms with E-state index in [4.69, 9.17) is 18.5 Å². The number of esters is 2. The molecule has 2 atom stereocenters. The molecule has 0 aliphatic rings. The Morgan fingerprint density at radius 1 is 0.273 bits per heavy atom. The van der Waals surface area contributed by atoms with Crippen LogP contribution in [0.15, 0.2) is 0 Å². The molecule has 2 unspecified atom stereocenters. The third-order valence-electron chi connectivity index (χ3n) is 21.4. The number of carbonyl (C=O) groups is 2. The van der Waals surface area contributed by atoms with Crippen LogP contribution < -0.4 is 0 Å². The van der Waals surface area contributed by atoms with Gasteiger partial charge in [-0.1, -0.05) is 483 Å². The number of phosphoric acid groups is 1. The first-order valence-electron chi connectivity index (χ1n) is 45.3. The van der Waals surface area contributed by atoms with Crippen LogP contribution in [-0.2, 0) is 32.7 Å². The Labute approximate surface area is 620 Å². The minimum Gasteiger partial charge on any atom is -0.462 e. The van der Waals surface area contributed by atoms with Crippen LogP contribution in [0.4, 0.5) is 0 Å². The fraction of sp³-hybridized carbons (Fsp3) is 0.978. The van der Waals surface area contributed by atoms with Crippen LogP contribution in [-0.4, -0.2) is 74.9 Å². The zero-order valence-corrected chi connectivity index (χ0v) is 68.9. The van der Waals surface area contributed by atoms with Gasteiger partial charge in [-0.15, -0.1) is 0 Å². The highest BCUT2D eigenvalue weighted by atomic mass is 31.2. The first-order chi connectivity index (χ1) is 48.5. The lowest BCUT2D eigenvalue weighted by molar-refractivity contribution is -0.870. The lowest BCUT2D eigenvalue weighted by atomic mass is 10.0. The summed E-state index contributed by atoms with van der Waals surface area (Å²) >= 11 is 0. The lowest BCUT2D eigenvalue weighted by Crippen LogP contribution is -2.37. The first-order valence-corrected chi connectivity index (χ1v) is 46.8. The molecule has 0 aliphatic carbocycles. The number of unbranched alkanes of at least 4 members (excludes halogenated alkanes) is 73. The number of quaternary nitrogens is 1. The average molecular weight is 1420 g/mol. The van der Waals surface area contributed by atoms with Crippen molar-refractivity contribution in [3.05, 3.63) is 0 Å². The van der Waals surface area contributed by atoms with Crippen molar-refractivity contribution in [2.45, 2.75) is 514 Å². The van der Waals surface area contributed by atoms with Gasteiger partial charge in [-0.3, -0.25) is 18.6 Å². The number of hydrogen-bond acceptors (Lipinski definition) is 7. The predicted octanol–water partition coefficient (Wildman–Crippen LogP) is 30.4. The number of rotatable bonds is 87. The van der Waals surface area contributed by atoms with Crippen molar-refractivity contribution in [3.8, 4) is 0 Å². The third-order valence-corrected chi connectivity index (χ3v) is 22.4. The van der Waals surface area contributed by atoms with Crippen molar-refractivity contribution in [1.82, 2.24) is 0 Å². The fourth-order valence-corrected chi connectivity index (χ4v) is 15.2. The number of ether oxygens (including phenoxy) is 2. The quantitative estimate of drug-likeness (QED) is 0.0278. The maximum Gasteiger partial charge on any atom is 0.472 e. The Morgan fingerprint density at radius 3 is 0.646 bits per heavy atom. The summed E-state index contributed by atoms with van der Waals surface area (Å²) in [5.74, 6) is -0.762. The second kappa shape index (κ2) is 81.1.